The molecule has 162 valence electrons. The Morgan fingerprint density at radius 3 is 2.57 bits per heavy atom. The van der Waals surface area contributed by atoms with Crippen molar-refractivity contribution in [2.75, 3.05) is 38.1 Å². The van der Waals surface area contributed by atoms with Crippen molar-refractivity contribution in [3.63, 3.8) is 0 Å². The molecule has 0 unspecified atom stereocenters. The van der Waals surface area contributed by atoms with E-state index < -0.39 is 16.0 Å². The van der Waals surface area contributed by atoms with Crippen LogP contribution >= 0.6 is 23.8 Å². The Labute approximate surface area is 185 Å². The molecule has 0 saturated carbocycles. The number of carbonyl (C=O) groups excluding carboxylic acids is 1. The number of hydrogen-bond acceptors (Lipinski definition) is 6. The van der Waals surface area contributed by atoms with Crippen LogP contribution in [-0.2, 0) is 14.8 Å². The van der Waals surface area contributed by atoms with E-state index in [1.807, 2.05) is 24.0 Å². The van der Waals surface area contributed by atoms with Gasteiger partial charge in [-0.1, -0.05) is 17.7 Å². The van der Waals surface area contributed by atoms with Crippen LogP contribution in [0.1, 0.15) is 23.0 Å². The van der Waals surface area contributed by atoms with E-state index in [9.17, 15) is 13.2 Å². The first-order chi connectivity index (χ1) is 14.2. The van der Waals surface area contributed by atoms with Crippen LogP contribution in [0.3, 0.4) is 0 Å². The number of thiocarbonyl (C=S) groups is 1. The average Bonchev–Trinajstić information content (AvgIpc) is 3.22. The van der Waals surface area contributed by atoms with E-state index in [4.69, 9.17) is 33.0 Å². The predicted octanol–water partition coefficient (Wildman–Crippen LogP) is 3.12. The molecule has 11 heteroatoms. The van der Waals surface area contributed by atoms with E-state index in [1.54, 1.807) is 13.0 Å². The quantitative estimate of drug-likeness (QED) is 0.525. The SMILES string of the molecule is CCOC(=O)c1ccc(S(=O)(=O)N2CCN(C(=S)Nc3ccc(C)c(Cl)c3)CC2)o1. The lowest BCUT2D eigenvalue weighted by atomic mass is 10.2. The lowest BCUT2D eigenvalue weighted by molar-refractivity contribution is 0.0483. The molecule has 0 aliphatic carbocycles. The van der Waals surface area contributed by atoms with Gasteiger partial charge in [-0.15, -0.1) is 0 Å². The summed E-state index contributed by atoms with van der Waals surface area (Å²) in [5.74, 6) is -0.840. The highest BCUT2D eigenvalue weighted by Crippen LogP contribution is 2.22. The molecule has 1 saturated heterocycles. The fourth-order valence-electron chi connectivity index (χ4n) is 2.90. The zero-order chi connectivity index (χ0) is 21.9. The lowest BCUT2D eigenvalue weighted by Gasteiger charge is -2.35. The van der Waals surface area contributed by atoms with Crippen molar-refractivity contribution in [2.24, 2.45) is 0 Å². The van der Waals surface area contributed by atoms with Gasteiger partial charge in [0.2, 0.25) is 10.9 Å². The molecule has 1 aromatic heterocycles. The first-order valence-corrected chi connectivity index (χ1v) is 11.5. The number of hydrogen-bond donors (Lipinski definition) is 1. The summed E-state index contributed by atoms with van der Waals surface area (Å²) in [5, 5.41) is 3.98. The number of piperazine rings is 1. The second kappa shape index (κ2) is 9.34. The Kier molecular flexibility index (Phi) is 7.02. The van der Waals surface area contributed by atoms with Crippen LogP contribution in [0.25, 0.3) is 0 Å². The number of aryl methyl sites for hydroxylation is 1. The number of nitrogens with zero attached hydrogens (tertiary/aromatic N) is 2. The van der Waals surface area contributed by atoms with Crippen LogP contribution in [0.15, 0.2) is 39.8 Å². The first-order valence-electron chi connectivity index (χ1n) is 9.31. The maximum absolute atomic E-state index is 12.8. The maximum Gasteiger partial charge on any atom is 0.374 e. The van der Waals surface area contributed by atoms with Crippen molar-refractivity contribution in [3.8, 4) is 0 Å². The third-order valence-electron chi connectivity index (χ3n) is 4.60. The number of esters is 1. The highest BCUT2D eigenvalue weighted by molar-refractivity contribution is 7.89. The number of rotatable bonds is 5. The molecular formula is C19H22ClN3O5S2. The van der Waals surface area contributed by atoms with E-state index in [2.05, 4.69) is 5.32 Å². The van der Waals surface area contributed by atoms with Gasteiger partial charge in [-0.05, 0) is 55.9 Å². The van der Waals surface area contributed by atoms with Gasteiger partial charge in [0.1, 0.15) is 0 Å². The molecule has 2 aromatic rings. The third-order valence-corrected chi connectivity index (χ3v) is 7.14. The maximum atomic E-state index is 12.8. The zero-order valence-electron chi connectivity index (χ0n) is 16.6. The number of sulfonamides is 1. The summed E-state index contributed by atoms with van der Waals surface area (Å²) in [5.41, 5.74) is 1.74. The molecule has 1 aromatic carbocycles. The standard InChI is InChI=1S/C19H22ClN3O5S2/c1-3-27-18(24)16-6-7-17(28-16)30(25,26)23-10-8-22(9-11-23)19(29)21-14-5-4-13(2)15(20)12-14/h4-7,12H,3,8-11H2,1-2H3,(H,21,29). The van der Waals surface area contributed by atoms with E-state index in [-0.39, 0.29) is 30.5 Å². The van der Waals surface area contributed by atoms with Crippen molar-refractivity contribution < 1.29 is 22.4 Å². The Balaban J connectivity index is 1.60. The van der Waals surface area contributed by atoms with Gasteiger partial charge in [0.25, 0.3) is 10.0 Å². The van der Waals surface area contributed by atoms with Crippen molar-refractivity contribution in [1.82, 2.24) is 9.21 Å². The van der Waals surface area contributed by atoms with Crippen LogP contribution in [-0.4, -0.2) is 61.5 Å². The Hall–Kier alpha value is -2.14. The largest absolute Gasteiger partial charge is 0.460 e. The summed E-state index contributed by atoms with van der Waals surface area (Å²) in [4.78, 5) is 13.6. The lowest BCUT2D eigenvalue weighted by Crippen LogP contribution is -2.51. The Morgan fingerprint density at radius 2 is 1.93 bits per heavy atom. The van der Waals surface area contributed by atoms with Gasteiger partial charge in [0, 0.05) is 36.9 Å². The summed E-state index contributed by atoms with van der Waals surface area (Å²) in [6.07, 6.45) is 0. The van der Waals surface area contributed by atoms with Gasteiger partial charge in [-0.3, -0.25) is 0 Å². The highest BCUT2D eigenvalue weighted by atomic mass is 35.5. The summed E-state index contributed by atoms with van der Waals surface area (Å²) in [6, 6.07) is 8.13. The summed E-state index contributed by atoms with van der Waals surface area (Å²) < 4.78 is 37.0. The first kappa shape index (κ1) is 22.5. The molecule has 0 spiro atoms. The molecule has 2 heterocycles. The van der Waals surface area contributed by atoms with E-state index in [0.717, 1.165) is 11.3 Å². The average molecular weight is 472 g/mol. The molecule has 1 N–H and O–H groups in total. The van der Waals surface area contributed by atoms with E-state index in [1.165, 1.54) is 16.4 Å². The van der Waals surface area contributed by atoms with Gasteiger partial charge in [-0.2, -0.15) is 4.31 Å². The summed E-state index contributed by atoms with van der Waals surface area (Å²) in [7, 11) is -3.86. The Morgan fingerprint density at radius 1 is 1.23 bits per heavy atom. The summed E-state index contributed by atoms with van der Waals surface area (Å²) >= 11 is 11.6. The fraction of sp³-hybridized carbons (Fsp3) is 0.368. The fourth-order valence-corrected chi connectivity index (χ4v) is 4.72. The van der Waals surface area contributed by atoms with Crippen molar-refractivity contribution >= 4 is 50.6 Å². The smallest absolute Gasteiger partial charge is 0.374 e. The van der Waals surface area contributed by atoms with Crippen LogP contribution < -0.4 is 5.32 Å². The van der Waals surface area contributed by atoms with Crippen LogP contribution in [0.5, 0.6) is 0 Å². The van der Waals surface area contributed by atoms with Crippen LogP contribution in [0, 0.1) is 6.92 Å². The van der Waals surface area contributed by atoms with Crippen molar-refractivity contribution in [3.05, 3.63) is 46.7 Å². The number of nitrogens with one attached hydrogen (secondary N) is 1. The van der Waals surface area contributed by atoms with Gasteiger partial charge in [-0.25, -0.2) is 13.2 Å². The zero-order valence-corrected chi connectivity index (χ0v) is 18.9. The number of carbonyl (C=O) groups is 1. The second-order valence-electron chi connectivity index (χ2n) is 6.62. The van der Waals surface area contributed by atoms with Gasteiger partial charge >= 0.3 is 5.97 Å². The molecule has 0 radical (unpaired) electrons. The molecule has 0 amide bonds. The molecule has 8 nitrogen and oxygen atoms in total. The molecule has 0 atom stereocenters. The molecule has 1 aliphatic rings. The molecule has 30 heavy (non-hydrogen) atoms. The monoisotopic (exact) mass is 471 g/mol. The molecule has 3 rings (SSSR count). The molecule has 1 fully saturated rings. The van der Waals surface area contributed by atoms with E-state index in [0.29, 0.717) is 23.2 Å². The Bertz CT molecular complexity index is 1050. The minimum Gasteiger partial charge on any atom is -0.460 e. The number of halogens is 1. The number of ether oxygens (including phenoxy) is 1. The minimum absolute atomic E-state index is 0.142. The number of anilines is 1. The highest BCUT2D eigenvalue weighted by Gasteiger charge is 2.32. The van der Waals surface area contributed by atoms with Crippen LogP contribution in [0.2, 0.25) is 5.02 Å². The number of furan rings is 1. The van der Waals surface area contributed by atoms with Gasteiger partial charge in [0.15, 0.2) is 5.11 Å². The third kappa shape index (κ3) is 4.94. The molecule has 0 bridgehead atoms. The van der Waals surface area contributed by atoms with Gasteiger partial charge in [0.05, 0.1) is 6.61 Å². The predicted molar refractivity (Wildman–Crippen MR) is 117 cm³/mol. The van der Waals surface area contributed by atoms with Gasteiger partial charge < -0.3 is 19.4 Å². The van der Waals surface area contributed by atoms with Crippen molar-refractivity contribution in [2.45, 2.75) is 18.9 Å². The van der Waals surface area contributed by atoms with Crippen molar-refractivity contribution in [1.29, 1.82) is 0 Å². The second-order valence-corrected chi connectivity index (χ2v) is 9.29. The van der Waals surface area contributed by atoms with Crippen LogP contribution in [0.4, 0.5) is 5.69 Å². The number of benzene rings is 1. The summed E-state index contributed by atoms with van der Waals surface area (Å²) in [6.45, 7) is 5.03. The molecule has 1 aliphatic heterocycles. The molecular weight excluding hydrogens is 450 g/mol. The minimum atomic E-state index is -3.86. The van der Waals surface area contributed by atoms with E-state index >= 15 is 0 Å². The normalized spacial score (nSPS) is 15.1. The topological polar surface area (TPSA) is 92.1 Å².